The molecule has 0 saturated heterocycles. The molecule has 0 saturated carbocycles. The Bertz CT molecular complexity index is 1190. The van der Waals surface area contributed by atoms with Gasteiger partial charge in [0.25, 0.3) is 0 Å². The SMILES string of the molecule is COCCCNc1nc(-c2cccnc2)nc2c(OC)cc(-c3cccc(F)c3)cc12. The minimum atomic E-state index is -0.294. The third kappa shape index (κ3) is 4.62. The molecular weight excluding hydrogens is 395 g/mol. The van der Waals surface area contributed by atoms with Gasteiger partial charge in [0.2, 0.25) is 0 Å². The largest absolute Gasteiger partial charge is 0.494 e. The Morgan fingerprint density at radius 3 is 2.58 bits per heavy atom. The van der Waals surface area contributed by atoms with Crippen LogP contribution in [0.25, 0.3) is 33.4 Å². The fraction of sp³-hybridized carbons (Fsp3) is 0.208. The molecule has 158 valence electrons. The smallest absolute Gasteiger partial charge is 0.163 e. The highest BCUT2D eigenvalue weighted by molar-refractivity contribution is 5.97. The number of nitrogens with one attached hydrogen (secondary N) is 1. The van der Waals surface area contributed by atoms with Crippen LogP contribution >= 0.6 is 0 Å². The molecule has 0 radical (unpaired) electrons. The van der Waals surface area contributed by atoms with Crippen LogP contribution in [0.1, 0.15) is 6.42 Å². The summed E-state index contributed by atoms with van der Waals surface area (Å²) in [7, 11) is 3.28. The molecule has 4 rings (SSSR count). The second-order valence-corrected chi connectivity index (χ2v) is 7.00. The number of hydrogen-bond acceptors (Lipinski definition) is 6. The fourth-order valence-electron chi connectivity index (χ4n) is 3.37. The summed E-state index contributed by atoms with van der Waals surface area (Å²) >= 11 is 0. The Morgan fingerprint density at radius 2 is 1.84 bits per heavy atom. The van der Waals surface area contributed by atoms with Gasteiger partial charge in [-0.2, -0.15) is 0 Å². The number of anilines is 1. The topological polar surface area (TPSA) is 69.2 Å². The van der Waals surface area contributed by atoms with Gasteiger partial charge in [0.15, 0.2) is 5.82 Å². The molecule has 0 atom stereocenters. The van der Waals surface area contributed by atoms with Crippen LogP contribution in [0, 0.1) is 5.82 Å². The summed E-state index contributed by atoms with van der Waals surface area (Å²) < 4.78 is 24.6. The summed E-state index contributed by atoms with van der Waals surface area (Å²) in [6.45, 7) is 1.32. The van der Waals surface area contributed by atoms with Crippen molar-refractivity contribution in [3.05, 3.63) is 66.7 Å². The van der Waals surface area contributed by atoms with Crippen molar-refractivity contribution >= 4 is 16.7 Å². The van der Waals surface area contributed by atoms with Gasteiger partial charge in [0.05, 0.1) is 7.11 Å². The molecule has 7 heteroatoms. The van der Waals surface area contributed by atoms with Crippen LogP contribution in [-0.4, -0.2) is 42.3 Å². The lowest BCUT2D eigenvalue weighted by Crippen LogP contribution is -2.08. The summed E-state index contributed by atoms with van der Waals surface area (Å²) in [5, 5.41) is 4.19. The van der Waals surface area contributed by atoms with Crippen molar-refractivity contribution in [2.75, 3.05) is 32.7 Å². The van der Waals surface area contributed by atoms with E-state index in [1.807, 2.05) is 30.3 Å². The van der Waals surface area contributed by atoms with Gasteiger partial charge in [-0.25, -0.2) is 14.4 Å². The molecule has 4 aromatic rings. The second-order valence-electron chi connectivity index (χ2n) is 7.00. The van der Waals surface area contributed by atoms with Crippen LogP contribution in [0.3, 0.4) is 0 Å². The molecule has 1 N–H and O–H groups in total. The molecule has 2 aromatic carbocycles. The quantitative estimate of drug-likeness (QED) is 0.408. The Hall–Kier alpha value is -3.58. The standard InChI is InChI=1S/C24H23FN4O2/c1-30-11-5-10-27-24-20-13-18(16-6-3-8-19(25)12-16)14-21(31-2)22(20)28-23(29-24)17-7-4-9-26-15-17/h3-4,6-9,12-15H,5,10-11H2,1-2H3,(H,27,28,29). The zero-order valence-corrected chi connectivity index (χ0v) is 17.4. The maximum Gasteiger partial charge on any atom is 0.163 e. The normalized spacial score (nSPS) is 10.9. The zero-order valence-electron chi connectivity index (χ0n) is 17.4. The summed E-state index contributed by atoms with van der Waals surface area (Å²) in [5.74, 6) is 1.52. The van der Waals surface area contributed by atoms with Crippen molar-refractivity contribution in [1.29, 1.82) is 0 Å². The molecule has 0 amide bonds. The van der Waals surface area contributed by atoms with Gasteiger partial charge in [0, 0.05) is 43.6 Å². The molecule has 0 unspecified atom stereocenters. The van der Waals surface area contributed by atoms with Crippen LogP contribution in [0.4, 0.5) is 10.2 Å². The minimum Gasteiger partial charge on any atom is -0.494 e. The van der Waals surface area contributed by atoms with Crippen LogP contribution in [0.2, 0.25) is 0 Å². The van der Waals surface area contributed by atoms with E-state index in [2.05, 4.69) is 10.3 Å². The second kappa shape index (κ2) is 9.49. The molecular formula is C24H23FN4O2. The van der Waals surface area contributed by atoms with Gasteiger partial charge in [-0.3, -0.25) is 4.98 Å². The van der Waals surface area contributed by atoms with E-state index in [0.717, 1.165) is 28.5 Å². The third-order valence-electron chi connectivity index (χ3n) is 4.88. The molecule has 0 fully saturated rings. The number of pyridine rings is 1. The molecule has 2 heterocycles. The zero-order chi connectivity index (χ0) is 21.6. The van der Waals surface area contributed by atoms with Gasteiger partial charge < -0.3 is 14.8 Å². The maximum absolute atomic E-state index is 13.8. The molecule has 31 heavy (non-hydrogen) atoms. The highest BCUT2D eigenvalue weighted by atomic mass is 19.1. The van der Waals surface area contributed by atoms with E-state index in [1.54, 1.807) is 32.7 Å². The van der Waals surface area contributed by atoms with Crippen LogP contribution < -0.4 is 10.1 Å². The van der Waals surface area contributed by atoms with Crippen molar-refractivity contribution in [1.82, 2.24) is 15.0 Å². The van der Waals surface area contributed by atoms with Gasteiger partial charge >= 0.3 is 0 Å². The predicted octanol–water partition coefficient (Wildman–Crippen LogP) is 4.95. The first-order valence-electron chi connectivity index (χ1n) is 9.98. The van der Waals surface area contributed by atoms with Crippen molar-refractivity contribution < 1.29 is 13.9 Å². The first-order chi connectivity index (χ1) is 15.2. The van der Waals surface area contributed by atoms with E-state index >= 15 is 0 Å². The highest BCUT2D eigenvalue weighted by Crippen LogP contribution is 2.36. The summed E-state index contributed by atoms with van der Waals surface area (Å²) in [6.07, 6.45) is 4.26. The summed E-state index contributed by atoms with van der Waals surface area (Å²) in [4.78, 5) is 13.7. The van der Waals surface area contributed by atoms with Gasteiger partial charge in [-0.15, -0.1) is 0 Å². The number of rotatable bonds is 8. The van der Waals surface area contributed by atoms with Crippen molar-refractivity contribution in [2.24, 2.45) is 0 Å². The van der Waals surface area contributed by atoms with Crippen LogP contribution in [0.5, 0.6) is 5.75 Å². The number of ether oxygens (including phenoxy) is 2. The average molecular weight is 418 g/mol. The Balaban J connectivity index is 1.88. The number of methoxy groups -OCH3 is 2. The molecule has 0 aliphatic rings. The molecule has 6 nitrogen and oxygen atoms in total. The molecule has 0 aliphatic heterocycles. The predicted molar refractivity (Wildman–Crippen MR) is 120 cm³/mol. The molecule has 0 spiro atoms. The summed E-state index contributed by atoms with van der Waals surface area (Å²) in [6, 6.07) is 14.1. The Morgan fingerprint density at radius 1 is 0.968 bits per heavy atom. The number of halogens is 1. The van der Waals surface area contributed by atoms with E-state index in [0.29, 0.717) is 36.1 Å². The lowest BCUT2D eigenvalue weighted by molar-refractivity contribution is 0.198. The number of fused-ring (bicyclic) bond motifs is 1. The lowest BCUT2D eigenvalue weighted by atomic mass is 10.0. The average Bonchev–Trinajstić information content (AvgIpc) is 2.81. The lowest BCUT2D eigenvalue weighted by Gasteiger charge is -2.15. The van der Waals surface area contributed by atoms with Gasteiger partial charge in [-0.05, 0) is 53.9 Å². The number of benzene rings is 2. The molecule has 0 bridgehead atoms. The van der Waals surface area contributed by atoms with E-state index < -0.39 is 0 Å². The van der Waals surface area contributed by atoms with Gasteiger partial charge in [-0.1, -0.05) is 12.1 Å². The van der Waals surface area contributed by atoms with Crippen molar-refractivity contribution in [3.8, 4) is 28.3 Å². The van der Waals surface area contributed by atoms with E-state index in [-0.39, 0.29) is 5.82 Å². The van der Waals surface area contributed by atoms with E-state index in [1.165, 1.54) is 12.1 Å². The molecule has 0 aliphatic carbocycles. The van der Waals surface area contributed by atoms with E-state index in [4.69, 9.17) is 19.4 Å². The van der Waals surface area contributed by atoms with Crippen LogP contribution in [-0.2, 0) is 4.74 Å². The first-order valence-corrected chi connectivity index (χ1v) is 9.98. The first kappa shape index (κ1) is 20.7. The van der Waals surface area contributed by atoms with Crippen molar-refractivity contribution in [2.45, 2.75) is 6.42 Å². The monoisotopic (exact) mass is 418 g/mol. The minimum absolute atomic E-state index is 0.294. The number of nitrogens with zero attached hydrogens (tertiary/aromatic N) is 3. The van der Waals surface area contributed by atoms with Gasteiger partial charge in [0.1, 0.15) is 22.9 Å². The molecule has 2 aromatic heterocycles. The summed E-state index contributed by atoms with van der Waals surface area (Å²) in [5.41, 5.74) is 3.05. The van der Waals surface area contributed by atoms with Crippen molar-refractivity contribution in [3.63, 3.8) is 0 Å². The third-order valence-corrected chi connectivity index (χ3v) is 4.88. The Labute approximate surface area is 180 Å². The van der Waals surface area contributed by atoms with E-state index in [9.17, 15) is 4.39 Å². The maximum atomic E-state index is 13.8. The Kier molecular flexibility index (Phi) is 6.33. The number of hydrogen-bond donors (Lipinski definition) is 1. The van der Waals surface area contributed by atoms with Crippen LogP contribution in [0.15, 0.2) is 60.9 Å². The number of aromatic nitrogens is 3. The fourth-order valence-corrected chi connectivity index (χ4v) is 3.37. The highest BCUT2D eigenvalue weighted by Gasteiger charge is 2.16.